The zero-order chi connectivity index (χ0) is 21.0. The Labute approximate surface area is 169 Å². The van der Waals surface area contributed by atoms with Crippen LogP contribution >= 0.6 is 0 Å². The maximum atomic E-state index is 13.6. The van der Waals surface area contributed by atoms with Crippen molar-refractivity contribution in [2.75, 3.05) is 39.6 Å². The maximum absolute atomic E-state index is 13.6. The third-order valence-corrected chi connectivity index (χ3v) is 4.73. The molecule has 3 aromatic rings. The van der Waals surface area contributed by atoms with Gasteiger partial charge in [0.2, 0.25) is 0 Å². The number of hydrogen-bond acceptors (Lipinski definition) is 5. The summed E-state index contributed by atoms with van der Waals surface area (Å²) in [6.45, 7) is 1.51. The predicted molar refractivity (Wildman–Crippen MR) is 112 cm³/mol. The first-order valence-corrected chi connectivity index (χ1v) is 9.30. The van der Waals surface area contributed by atoms with E-state index < -0.39 is 5.97 Å². The molecule has 29 heavy (non-hydrogen) atoms. The Morgan fingerprint density at radius 1 is 1.10 bits per heavy atom. The third kappa shape index (κ3) is 4.30. The number of halogens is 1. The summed E-state index contributed by atoms with van der Waals surface area (Å²) in [5.74, 6) is -0.000317. The molecule has 6 nitrogen and oxygen atoms in total. The van der Waals surface area contributed by atoms with Gasteiger partial charge in [-0.2, -0.15) is 0 Å². The van der Waals surface area contributed by atoms with Gasteiger partial charge in [0, 0.05) is 43.7 Å². The lowest BCUT2D eigenvalue weighted by molar-refractivity contribution is 0.0591. The molecule has 1 N–H and O–H groups in total. The predicted octanol–water partition coefficient (Wildman–Crippen LogP) is 3.65. The van der Waals surface area contributed by atoms with Crippen molar-refractivity contribution in [2.24, 2.45) is 7.05 Å². The Bertz CT molecular complexity index is 982. The largest absolute Gasteiger partial charge is 0.464 e. The highest BCUT2D eigenvalue weighted by Gasteiger charge is 2.28. The molecule has 1 aromatic carbocycles. The van der Waals surface area contributed by atoms with Gasteiger partial charge in [-0.1, -0.05) is 12.1 Å². The lowest BCUT2D eigenvalue weighted by Crippen LogP contribution is -2.22. The Morgan fingerprint density at radius 2 is 1.72 bits per heavy atom. The van der Waals surface area contributed by atoms with Gasteiger partial charge >= 0.3 is 5.97 Å². The van der Waals surface area contributed by atoms with Crippen LogP contribution in [0.2, 0.25) is 0 Å². The molecular weight excluding hydrogens is 371 g/mol. The number of rotatable bonds is 7. The van der Waals surface area contributed by atoms with E-state index in [0.717, 1.165) is 29.1 Å². The lowest BCUT2D eigenvalue weighted by atomic mass is 9.96. The minimum Gasteiger partial charge on any atom is -0.464 e. The molecule has 0 fully saturated rings. The number of carbonyl (C=O) groups excluding carboxylic acids is 1. The van der Waals surface area contributed by atoms with Gasteiger partial charge in [0.25, 0.3) is 0 Å². The Morgan fingerprint density at radius 3 is 2.31 bits per heavy atom. The number of benzene rings is 1. The van der Waals surface area contributed by atoms with E-state index >= 15 is 0 Å². The topological polar surface area (TPSA) is 59.4 Å². The second kappa shape index (κ2) is 8.87. The van der Waals surface area contributed by atoms with Crippen LogP contribution in [0.25, 0.3) is 22.3 Å². The number of esters is 1. The molecule has 0 unspecified atom stereocenters. The SMILES string of the molecule is COC(=O)c1c(-c2ccc(F)cc2)c(-c2ccncc2)c(NCCN(C)C)n1C. The summed E-state index contributed by atoms with van der Waals surface area (Å²) in [6, 6.07) is 9.90. The highest BCUT2D eigenvalue weighted by Crippen LogP contribution is 2.42. The summed E-state index contributed by atoms with van der Waals surface area (Å²) >= 11 is 0. The lowest BCUT2D eigenvalue weighted by Gasteiger charge is -2.14. The van der Waals surface area contributed by atoms with E-state index in [2.05, 4.69) is 15.2 Å². The van der Waals surface area contributed by atoms with Gasteiger partial charge in [-0.3, -0.25) is 4.98 Å². The van der Waals surface area contributed by atoms with E-state index in [0.29, 0.717) is 17.8 Å². The molecular formula is C22H25FN4O2. The Hall–Kier alpha value is -3.19. The minimum absolute atomic E-state index is 0.334. The van der Waals surface area contributed by atoms with E-state index in [1.54, 1.807) is 29.1 Å². The van der Waals surface area contributed by atoms with Crippen LogP contribution in [0.1, 0.15) is 10.5 Å². The van der Waals surface area contributed by atoms with Gasteiger partial charge in [0.15, 0.2) is 0 Å². The van der Waals surface area contributed by atoms with Crippen LogP contribution in [0.4, 0.5) is 10.2 Å². The van der Waals surface area contributed by atoms with Crippen molar-refractivity contribution in [3.8, 4) is 22.3 Å². The monoisotopic (exact) mass is 396 g/mol. The zero-order valence-electron chi connectivity index (χ0n) is 17.1. The second-order valence-corrected chi connectivity index (χ2v) is 6.97. The highest BCUT2D eigenvalue weighted by atomic mass is 19.1. The normalized spacial score (nSPS) is 11.0. The average molecular weight is 396 g/mol. The number of anilines is 1. The standard InChI is InChI=1S/C22H25FN4O2/c1-26(2)14-13-25-21-19(16-9-11-24-12-10-16)18(15-5-7-17(23)8-6-15)20(27(21)3)22(28)29-4/h5-12,25H,13-14H2,1-4H3. The van der Waals surface area contributed by atoms with E-state index in [1.165, 1.54) is 19.2 Å². The fourth-order valence-electron chi connectivity index (χ4n) is 3.32. The van der Waals surface area contributed by atoms with Crippen LogP contribution < -0.4 is 5.32 Å². The van der Waals surface area contributed by atoms with Crippen molar-refractivity contribution in [2.45, 2.75) is 0 Å². The van der Waals surface area contributed by atoms with Gasteiger partial charge in [0.05, 0.1) is 7.11 Å². The molecule has 3 rings (SSSR count). The number of methoxy groups -OCH3 is 1. The first-order chi connectivity index (χ1) is 13.9. The van der Waals surface area contributed by atoms with E-state index in [1.807, 2.05) is 33.3 Å². The molecule has 0 saturated heterocycles. The smallest absolute Gasteiger partial charge is 0.355 e. The number of hydrogen-bond donors (Lipinski definition) is 1. The molecule has 0 spiro atoms. The van der Waals surface area contributed by atoms with Gasteiger partial charge in [-0.15, -0.1) is 0 Å². The fraction of sp³-hybridized carbons (Fsp3) is 0.273. The highest BCUT2D eigenvalue weighted by molar-refractivity contribution is 6.05. The van der Waals surface area contributed by atoms with Crippen LogP contribution in [0.5, 0.6) is 0 Å². The Balaban J connectivity index is 2.27. The van der Waals surface area contributed by atoms with Crippen LogP contribution in [-0.4, -0.2) is 54.7 Å². The number of aromatic nitrogens is 2. The number of likely N-dealkylation sites (N-methyl/N-ethyl adjacent to an activating group) is 1. The maximum Gasteiger partial charge on any atom is 0.355 e. The fourth-order valence-corrected chi connectivity index (χ4v) is 3.32. The number of pyridine rings is 1. The average Bonchev–Trinajstić information content (AvgIpc) is 3.01. The van der Waals surface area contributed by atoms with Crippen LogP contribution in [0.3, 0.4) is 0 Å². The molecule has 0 amide bonds. The molecule has 0 bridgehead atoms. The number of nitrogens with zero attached hydrogens (tertiary/aromatic N) is 3. The number of nitrogens with one attached hydrogen (secondary N) is 1. The quantitative estimate of drug-likeness (QED) is 0.618. The number of ether oxygens (including phenoxy) is 1. The molecule has 2 aromatic heterocycles. The van der Waals surface area contributed by atoms with Crippen molar-refractivity contribution in [1.82, 2.24) is 14.5 Å². The van der Waals surface area contributed by atoms with Gasteiger partial charge < -0.3 is 19.5 Å². The summed E-state index contributed by atoms with van der Waals surface area (Å²) in [5.41, 5.74) is 3.57. The number of carbonyl (C=O) groups is 1. The molecule has 0 aliphatic heterocycles. The van der Waals surface area contributed by atoms with Gasteiger partial charge in [-0.25, -0.2) is 9.18 Å². The van der Waals surface area contributed by atoms with Crippen molar-refractivity contribution in [3.63, 3.8) is 0 Å². The van der Waals surface area contributed by atoms with Gasteiger partial charge in [-0.05, 0) is 49.5 Å². The molecule has 2 heterocycles. The molecule has 7 heteroatoms. The van der Waals surface area contributed by atoms with E-state index in [-0.39, 0.29) is 5.82 Å². The van der Waals surface area contributed by atoms with E-state index in [9.17, 15) is 9.18 Å². The first-order valence-electron chi connectivity index (χ1n) is 9.30. The summed E-state index contributed by atoms with van der Waals surface area (Å²) in [6.07, 6.45) is 3.41. The second-order valence-electron chi connectivity index (χ2n) is 6.97. The van der Waals surface area contributed by atoms with Crippen molar-refractivity contribution in [3.05, 3.63) is 60.3 Å². The van der Waals surface area contributed by atoms with Crippen molar-refractivity contribution >= 4 is 11.8 Å². The summed E-state index contributed by atoms with van der Waals surface area (Å²) in [4.78, 5) is 18.9. The van der Waals surface area contributed by atoms with Crippen molar-refractivity contribution < 1.29 is 13.9 Å². The van der Waals surface area contributed by atoms with Crippen LogP contribution in [0, 0.1) is 5.82 Å². The molecule has 152 valence electrons. The van der Waals surface area contributed by atoms with Gasteiger partial charge in [0.1, 0.15) is 17.3 Å². The molecule has 0 saturated carbocycles. The Kier molecular flexibility index (Phi) is 6.29. The molecule has 0 radical (unpaired) electrons. The third-order valence-electron chi connectivity index (χ3n) is 4.73. The molecule has 0 aliphatic rings. The molecule has 0 atom stereocenters. The first kappa shape index (κ1) is 20.5. The molecule has 0 aliphatic carbocycles. The van der Waals surface area contributed by atoms with Crippen LogP contribution in [-0.2, 0) is 11.8 Å². The summed E-state index contributed by atoms with van der Waals surface area (Å²) < 4.78 is 20.4. The summed E-state index contributed by atoms with van der Waals surface area (Å²) in [5, 5.41) is 3.45. The zero-order valence-corrected chi connectivity index (χ0v) is 17.1. The minimum atomic E-state index is -0.456. The summed E-state index contributed by atoms with van der Waals surface area (Å²) in [7, 11) is 7.18. The van der Waals surface area contributed by atoms with Crippen LogP contribution in [0.15, 0.2) is 48.8 Å². The van der Waals surface area contributed by atoms with E-state index in [4.69, 9.17) is 4.74 Å². The van der Waals surface area contributed by atoms with Crippen molar-refractivity contribution in [1.29, 1.82) is 0 Å².